The number of carbonyl (C=O) groups is 4. The first-order chi connectivity index (χ1) is 30.7. The van der Waals surface area contributed by atoms with E-state index >= 15 is 4.79 Å². The summed E-state index contributed by atoms with van der Waals surface area (Å²) in [4.78, 5) is 66.0. The van der Waals surface area contributed by atoms with Crippen LogP contribution in [0.15, 0.2) is 59.7 Å². The van der Waals surface area contributed by atoms with E-state index in [0.717, 1.165) is 70.5 Å². The number of likely N-dealkylation sites (N-methyl/N-ethyl adjacent to an activating group) is 1. The highest BCUT2D eigenvalue weighted by molar-refractivity contribution is 5.97. The van der Waals surface area contributed by atoms with E-state index in [1.165, 1.54) is 26.7 Å². The van der Waals surface area contributed by atoms with Gasteiger partial charge in [0.15, 0.2) is 11.9 Å². The molecule has 2 aromatic carbocycles. The Morgan fingerprint density at radius 1 is 0.984 bits per heavy atom. The van der Waals surface area contributed by atoms with Crippen molar-refractivity contribution in [2.24, 2.45) is 11.8 Å². The Hall–Kier alpha value is -5.24. The van der Waals surface area contributed by atoms with E-state index in [4.69, 9.17) is 18.9 Å². The standard InChI is InChI=1S/C51H62N4O9/c1-9-12-34(57)15-13-31-14-16-39-35(22-31)36-28-54-26-30(10-2)21-32(27-54)25-50(43(36)52-39,47(58)62-7)38-23-37-40(24-41(38)61-6)53(5)46-49(37)18-20-55-19-17-33(11-3)42(44(49)55)45(64-29(4)56)51(46,60)48(59)63-8/h13-17,21-24,32,42,44-46,52,60H,9-12,18-20,25-28H2,1-8H3/t32-,42?,44+,45-,46-,49-,50+,51-/m1/s1. The number of rotatable bonds is 11. The molecule has 3 aromatic rings. The van der Waals surface area contributed by atoms with Crippen LogP contribution in [0.4, 0.5) is 5.69 Å². The topological polar surface area (TPSA) is 151 Å². The number of aliphatic hydroxyl groups is 1. The van der Waals surface area contributed by atoms with E-state index in [9.17, 15) is 19.5 Å². The fourth-order valence-electron chi connectivity index (χ4n) is 13.3. The number of benzene rings is 2. The summed E-state index contributed by atoms with van der Waals surface area (Å²) in [5.74, 6) is -1.92. The molecule has 5 aliphatic heterocycles. The Morgan fingerprint density at radius 3 is 2.45 bits per heavy atom. The van der Waals surface area contributed by atoms with Gasteiger partial charge in [-0.15, -0.1) is 0 Å². The molecule has 6 aliphatic rings. The minimum absolute atomic E-state index is 0.0255. The highest BCUT2D eigenvalue weighted by atomic mass is 16.6. The summed E-state index contributed by atoms with van der Waals surface area (Å²) in [6, 6.07) is 8.99. The molecular formula is C51H62N4O9. The molecule has 340 valence electrons. The lowest BCUT2D eigenvalue weighted by Crippen LogP contribution is -2.78. The van der Waals surface area contributed by atoms with Gasteiger partial charge in [-0.05, 0) is 85.5 Å². The summed E-state index contributed by atoms with van der Waals surface area (Å²) < 4.78 is 24.0. The van der Waals surface area contributed by atoms with Crippen LogP contribution in [-0.4, -0.2) is 122 Å². The summed E-state index contributed by atoms with van der Waals surface area (Å²) in [5, 5.41) is 14.3. The van der Waals surface area contributed by atoms with Gasteiger partial charge < -0.3 is 33.9 Å². The number of H-pyrrole nitrogens is 1. The zero-order chi connectivity index (χ0) is 45.5. The SMILES string of the molecule is CCCC(=O)C=Cc1ccc2[nH]c3c(c2c1)CN1CC(CC)=C[C@@H](C1)C[C@]3(C(=O)OC)c1cc2c(cc1OC)N(C)[C@H]1[C@@](O)(C(=O)OC)[C@H](OC(C)=O)C3C(CC)=CCN4CC[C@]21[C@H]34. The number of hydrogen-bond acceptors (Lipinski definition) is 12. The lowest BCUT2D eigenvalue weighted by Gasteiger charge is -2.59. The van der Waals surface area contributed by atoms with Gasteiger partial charge in [0.05, 0.1) is 27.4 Å². The van der Waals surface area contributed by atoms with Gasteiger partial charge in [-0.2, -0.15) is 0 Å². The number of ketones is 1. The van der Waals surface area contributed by atoms with Crippen molar-refractivity contribution in [1.82, 2.24) is 14.8 Å². The molecule has 1 saturated carbocycles. The van der Waals surface area contributed by atoms with Crippen molar-refractivity contribution in [1.29, 1.82) is 0 Å². The lowest BCUT2D eigenvalue weighted by molar-refractivity contribution is -0.212. The van der Waals surface area contributed by atoms with E-state index in [1.54, 1.807) is 13.2 Å². The van der Waals surface area contributed by atoms with Crippen molar-refractivity contribution in [2.45, 2.75) is 107 Å². The third-order valence-corrected chi connectivity index (χ3v) is 15.7. The largest absolute Gasteiger partial charge is 0.496 e. The smallest absolute Gasteiger partial charge is 0.344 e. The molecule has 64 heavy (non-hydrogen) atoms. The van der Waals surface area contributed by atoms with E-state index < -0.39 is 52.4 Å². The van der Waals surface area contributed by atoms with Crippen molar-refractivity contribution in [3.8, 4) is 5.75 Å². The van der Waals surface area contributed by atoms with Crippen LogP contribution in [0.3, 0.4) is 0 Å². The number of esters is 3. The minimum atomic E-state index is -2.28. The zero-order valence-corrected chi connectivity index (χ0v) is 38.4. The second-order valence-corrected chi connectivity index (χ2v) is 18.9. The molecule has 13 nitrogen and oxygen atoms in total. The summed E-state index contributed by atoms with van der Waals surface area (Å²) in [5.41, 5.74) is 3.44. The second kappa shape index (κ2) is 16.3. The number of nitrogens with zero attached hydrogens (tertiary/aromatic N) is 3. The molecule has 1 aliphatic carbocycles. The van der Waals surface area contributed by atoms with Crippen molar-refractivity contribution in [3.05, 3.63) is 87.7 Å². The summed E-state index contributed by atoms with van der Waals surface area (Å²) >= 11 is 0. The van der Waals surface area contributed by atoms with Crippen molar-refractivity contribution in [3.63, 3.8) is 0 Å². The monoisotopic (exact) mass is 874 g/mol. The highest BCUT2D eigenvalue weighted by Crippen LogP contribution is 2.65. The molecule has 2 unspecified atom stereocenters. The highest BCUT2D eigenvalue weighted by Gasteiger charge is 2.77. The number of ether oxygens (including phenoxy) is 4. The Labute approximate surface area is 375 Å². The Morgan fingerprint density at radius 2 is 1.77 bits per heavy atom. The van der Waals surface area contributed by atoms with Gasteiger partial charge in [-0.1, -0.05) is 56.2 Å². The lowest BCUT2D eigenvalue weighted by atomic mass is 9.52. The molecule has 0 amide bonds. The average Bonchev–Trinajstić information content (AvgIpc) is 3.93. The van der Waals surface area contributed by atoms with Gasteiger partial charge in [0.1, 0.15) is 11.2 Å². The predicted octanol–water partition coefficient (Wildman–Crippen LogP) is 6.14. The zero-order valence-electron chi connectivity index (χ0n) is 38.4. The summed E-state index contributed by atoms with van der Waals surface area (Å²) in [6.45, 7) is 11.0. The van der Waals surface area contributed by atoms with Crippen LogP contribution in [0.1, 0.15) is 94.2 Å². The third kappa shape index (κ3) is 6.27. The van der Waals surface area contributed by atoms with Gasteiger partial charge in [-0.25, -0.2) is 4.79 Å². The number of allylic oxidation sites excluding steroid dienone is 1. The van der Waals surface area contributed by atoms with Gasteiger partial charge in [0.2, 0.25) is 5.60 Å². The van der Waals surface area contributed by atoms with Gasteiger partial charge in [-0.3, -0.25) is 24.2 Å². The molecule has 1 spiro atoms. The molecular weight excluding hydrogens is 813 g/mol. The Bertz CT molecular complexity index is 2520. The van der Waals surface area contributed by atoms with E-state index in [1.807, 2.05) is 43.1 Å². The number of carbonyl (C=O) groups excluding carboxylic acids is 4. The number of nitrogens with one attached hydrogen (secondary N) is 1. The van der Waals surface area contributed by atoms with Crippen LogP contribution in [0.2, 0.25) is 0 Å². The maximum atomic E-state index is 15.4. The van der Waals surface area contributed by atoms with Crippen molar-refractivity contribution < 1.29 is 43.2 Å². The number of methoxy groups -OCH3 is 3. The third-order valence-electron chi connectivity index (χ3n) is 15.7. The number of anilines is 1. The van der Waals surface area contributed by atoms with Gasteiger partial charge in [0, 0.05) is 97.9 Å². The maximum absolute atomic E-state index is 15.4. The molecule has 1 saturated heterocycles. The Balaban J connectivity index is 1.33. The number of fused-ring (bicyclic) bond motifs is 6. The van der Waals surface area contributed by atoms with Crippen LogP contribution < -0.4 is 9.64 Å². The minimum Gasteiger partial charge on any atom is -0.496 e. The van der Waals surface area contributed by atoms with Gasteiger partial charge in [0.25, 0.3) is 0 Å². The molecule has 6 heterocycles. The number of hydrogen-bond donors (Lipinski definition) is 2. The Kier molecular flexibility index (Phi) is 11.2. The van der Waals surface area contributed by atoms with E-state index in [2.05, 4.69) is 52.9 Å². The second-order valence-electron chi connectivity index (χ2n) is 18.9. The fraction of sp³-hybridized carbons (Fsp3) is 0.529. The molecule has 0 radical (unpaired) electrons. The molecule has 1 aromatic heterocycles. The quantitative estimate of drug-likeness (QED) is 0.0987. The van der Waals surface area contributed by atoms with Crippen LogP contribution >= 0.6 is 0 Å². The number of aromatic amines is 1. The summed E-state index contributed by atoms with van der Waals surface area (Å²) in [6.07, 6.45) is 10.5. The van der Waals surface area contributed by atoms with Crippen LogP contribution in [0.25, 0.3) is 17.0 Å². The van der Waals surface area contributed by atoms with E-state index in [0.29, 0.717) is 56.6 Å². The first-order valence-corrected chi connectivity index (χ1v) is 23.0. The molecule has 2 N–H and O–H groups in total. The first kappa shape index (κ1) is 44.0. The van der Waals surface area contributed by atoms with E-state index in [-0.39, 0.29) is 17.7 Å². The predicted molar refractivity (Wildman–Crippen MR) is 243 cm³/mol. The molecule has 9 atom stereocenters. The molecule has 2 bridgehead atoms. The van der Waals surface area contributed by atoms with Crippen LogP contribution in [0.5, 0.6) is 5.75 Å². The van der Waals surface area contributed by atoms with Crippen LogP contribution in [0, 0.1) is 11.8 Å². The van der Waals surface area contributed by atoms with Crippen molar-refractivity contribution >= 4 is 46.4 Å². The first-order valence-electron chi connectivity index (χ1n) is 23.0. The average molecular weight is 875 g/mol. The van der Waals surface area contributed by atoms with Crippen LogP contribution in [-0.2, 0) is 50.8 Å². The van der Waals surface area contributed by atoms with Gasteiger partial charge >= 0.3 is 17.9 Å². The summed E-state index contributed by atoms with van der Waals surface area (Å²) in [7, 11) is 6.18. The number of aromatic nitrogens is 1. The van der Waals surface area contributed by atoms with Crippen molar-refractivity contribution in [2.75, 3.05) is 59.5 Å². The maximum Gasteiger partial charge on any atom is 0.344 e. The fourth-order valence-corrected chi connectivity index (χ4v) is 13.3. The molecule has 13 heteroatoms. The molecule has 9 rings (SSSR count). The molecule has 2 fully saturated rings. The normalized spacial score (nSPS) is 31.5.